The number of aromatic nitrogens is 1. The predicted molar refractivity (Wildman–Crippen MR) is 74.1 cm³/mol. The highest BCUT2D eigenvalue weighted by atomic mass is 35.5. The molecule has 1 aromatic rings. The zero-order valence-electron chi connectivity index (χ0n) is 11.3. The molecule has 1 N–H and O–H groups in total. The molecule has 0 saturated heterocycles. The van der Waals surface area contributed by atoms with Crippen LogP contribution in [0.2, 0.25) is 5.02 Å². The highest BCUT2D eigenvalue weighted by molar-refractivity contribution is 6.33. The summed E-state index contributed by atoms with van der Waals surface area (Å²) < 4.78 is 0. The van der Waals surface area contributed by atoms with Crippen LogP contribution in [0.1, 0.15) is 31.1 Å². The minimum Gasteiger partial charge on any atom is -0.341 e. The summed E-state index contributed by atoms with van der Waals surface area (Å²) in [6.45, 7) is 6.68. The quantitative estimate of drug-likeness (QED) is 0.895. The van der Waals surface area contributed by atoms with E-state index < -0.39 is 11.9 Å². The molecule has 0 aliphatic carbocycles. The summed E-state index contributed by atoms with van der Waals surface area (Å²) in [7, 11) is 0. The van der Waals surface area contributed by atoms with Crippen LogP contribution in [0.3, 0.4) is 0 Å². The monoisotopic (exact) mass is 283 g/mol. The molecular formula is C13H18ClN3O2. The maximum absolute atomic E-state index is 12.0. The molecule has 0 radical (unpaired) electrons. The summed E-state index contributed by atoms with van der Waals surface area (Å²) in [5.41, 5.74) is 0.267. The first-order valence-corrected chi connectivity index (χ1v) is 6.58. The number of amides is 2. The van der Waals surface area contributed by atoms with Crippen molar-refractivity contribution in [1.82, 2.24) is 15.2 Å². The molecule has 19 heavy (non-hydrogen) atoms. The molecule has 1 unspecified atom stereocenters. The highest BCUT2D eigenvalue weighted by Gasteiger charge is 2.21. The minimum absolute atomic E-state index is 0.113. The molecule has 0 aliphatic rings. The van der Waals surface area contributed by atoms with Crippen molar-refractivity contribution < 1.29 is 9.59 Å². The molecular weight excluding hydrogens is 266 g/mol. The van der Waals surface area contributed by atoms with E-state index in [2.05, 4.69) is 10.3 Å². The SMILES string of the molecule is CCN(CC)C(=O)C(C)NC(=O)c1cnccc1Cl. The second-order valence-electron chi connectivity index (χ2n) is 4.06. The zero-order valence-corrected chi connectivity index (χ0v) is 12.1. The van der Waals surface area contributed by atoms with E-state index in [4.69, 9.17) is 11.6 Å². The topological polar surface area (TPSA) is 62.3 Å². The summed E-state index contributed by atoms with van der Waals surface area (Å²) in [6, 6.07) is 0.941. The fourth-order valence-corrected chi connectivity index (χ4v) is 1.88. The average molecular weight is 284 g/mol. The Morgan fingerprint density at radius 1 is 1.42 bits per heavy atom. The molecule has 5 nitrogen and oxygen atoms in total. The second kappa shape index (κ2) is 7.09. The fraction of sp³-hybridized carbons (Fsp3) is 0.462. The van der Waals surface area contributed by atoms with Gasteiger partial charge in [-0.2, -0.15) is 0 Å². The van der Waals surface area contributed by atoms with Gasteiger partial charge in [0.25, 0.3) is 5.91 Å². The van der Waals surface area contributed by atoms with Gasteiger partial charge < -0.3 is 10.2 Å². The van der Waals surface area contributed by atoms with Gasteiger partial charge in [-0.1, -0.05) is 11.6 Å². The van der Waals surface area contributed by atoms with E-state index in [0.29, 0.717) is 18.1 Å². The van der Waals surface area contributed by atoms with E-state index in [1.54, 1.807) is 11.8 Å². The molecule has 2 amide bonds. The Bertz CT molecular complexity index is 461. The molecule has 0 aromatic carbocycles. The number of carbonyl (C=O) groups excluding carboxylic acids is 2. The number of nitrogens with one attached hydrogen (secondary N) is 1. The molecule has 1 aromatic heterocycles. The molecule has 0 aliphatic heterocycles. The van der Waals surface area contributed by atoms with Crippen LogP contribution in [0.4, 0.5) is 0 Å². The number of hydrogen-bond acceptors (Lipinski definition) is 3. The van der Waals surface area contributed by atoms with Gasteiger partial charge in [-0.15, -0.1) is 0 Å². The van der Waals surface area contributed by atoms with E-state index in [0.717, 1.165) is 0 Å². The smallest absolute Gasteiger partial charge is 0.255 e. The van der Waals surface area contributed by atoms with Crippen molar-refractivity contribution in [3.8, 4) is 0 Å². The maximum Gasteiger partial charge on any atom is 0.255 e. The summed E-state index contributed by atoms with van der Waals surface area (Å²) in [4.78, 5) is 29.5. The van der Waals surface area contributed by atoms with Crippen molar-refractivity contribution >= 4 is 23.4 Å². The Morgan fingerprint density at radius 2 is 2.05 bits per heavy atom. The van der Waals surface area contributed by atoms with E-state index >= 15 is 0 Å². The number of likely N-dealkylation sites (N-methyl/N-ethyl adjacent to an activating group) is 1. The standard InChI is InChI=1S/C13H18ClN3O2/c1-4-17(5-2)13(19)9(3)16-12(18)10-8-15-7-6-11(10)14/h6-9H,4-5H2,1-3H3,(H,16,18). The Labute approximate surface area is 118 Å². The number of hydrogen-bond donors (Lipinski definition) is 1. The van der Waals surface area contributed by atoms with Crippen LogP contribution >= 0.6 is 11.6 Å². The first-order valence-electron chi connectivity index (χ1n) is 6.20. The Morgan fingerprint density at radius 3 is 2.58 bits per heavy atom. The predicted octanol–water partition coefficient (Wildman–Crippen LogP) is 1.72. The molecule has 0 bridgehead atoms. The number of halogens is 1. The van der Waals surface area contributed by atoms with Gasteiger partial charge in [0.1, 0.15) is 6.04 Å². The van der Waals surface area contributed by atoms with Gasteiger partial charge in [0, 0.05) is 25.5 Å². The lowest BCUT2D eigenvalue weighted by Gasteiger charge is -2.23. The Balaban J connectivity index is 2.72. The summed E-state index contributed by atoms with van der Waals surface area (Å²) >= 11 is 5.90. The van der Waals surface area contributed by atoms with E-state index in [1.165, 1.54) is 18.5 Å². The molecule has 0 spiro atoms. The largest absolute Gasteiger partial charge is 0.341 e. The third-order valence-electron chi connectivity index (χ3n) is 2.81. The average Bonchev–Trinajstić information content (AvgIpc) is 2.40. The summed E-state index contributed by atoms with van der Waals surface area (Å²) in [6.07, 6.45) is 2.88. The number of nitrogens with zero attached hydrogens (tertiary/aromatic N) is 2. The second-order valence-corrected chi connectivity index (χ2v) is 4.47. The number of carbonyl (C=O) groups is 2. The van der Waals surface area contributed by atoms with Crippen LogP contribution in [0.25, 0.3) is 0 Å². The van der Waals surface area contributed by atoms with Crippen LogP contribution in [0.15, 0.2) is 18.5 Å². The zero-order chi connectivity index (χ0) is 14.4. The lowest BCUT2D eigenvalue weighted by atomic mass is 10.2. The van der Waals surface area contributed by atoms with E-state index in [1.807, 2.05) is 13.8 Å². The lowest BCUT2D eigenvalue weighted by Crippen LogP contribution is -2.46. The molecule has 104 valence electrons. The van der Waals surface area contributed by atoms with Crippen molar-refractivity contribution in [2.24, 2.45) is 0 Å². The van der Waals surface area contributed by atoms with E-state index in [9.17, 15) is 9.59 Å². The Kier molecular flexibility index (Phi) is 5.76. The van der Waals surface area contributed by atoms with Crippen LogP contribution < -0.4 is 5.32 Å². The Hall–Kier alpha value is -1.62. The molecule has 1 atom stereocenters. The fourth-order valence-electron chi connectivity index (χ4n) is 1.69. The van der Waals surface area contributed by atoms with Gasteiger partial charge in [0.05, 0.1) is 10.6 Å². The van der Waals surface area contributed by atoms with Crippen LogP contribution in [-0.4, -0.2) is 40.8 Å². The maximum atomic E-state index is 12.0. The van der Waals surface area contributed by atoms with Crippen molar-refractivity contribution in [2.45, 2.75) is 26.8 Å². The van der Waals surface area contributed by atoms with Gasteiger partial charge >= 0.3 is 0 Å². The van der Waals surface area contributed by atoms with Gasteiger partial charge in [0.15, 0.2) is 0 Å². The lowest BCUT2D eigenvalue weighted by molar-refractivity contribution is -0.132. The van der Waals surface area contributed by atoms with Crippen LogP contribution in [0, 0.1) is 0 Å². The van der Waals surface area contributed by atoms with Gasteiger partial charge in [0.2, 0.25) is 5.91 Å². The van der Waals surface area contributed by atoms with Crippen molar-refractivity contribution in [3.05, 3.63) is 29.0 Å². The van der Waals surface area contributed by atoms with Crippen molar-refractivity contribution in [3.63, 3.8) is 0 Å². The normalized spacial score (nSPS) is 11.8. The molecule has 0 saturated carbocycles. The van der Waals surface area contributed by atoms with Crippen LogP contribution in [0.5, 0.6) is 0 Å². The number of pyridine rings is 1. The summed E-state index contributed by atoms with van der Waals surface area (Å²) in [5.74, 6) is -0.510. The van der Waals surface area contributed by atoms with Crippen molar-refractivity contribution in [2.75, 3.05) is 13.1 Å². The molecule has 6 heteroatoms. The minimum atomic E-state index is -0.594. The van der Waals surface area contributed by atoms with Crippen molar-refractivity contribution in [1.29, 1.82) is 0 Å². The number of rotatable bonds is 5. The molecule has 0 fully saturated rings. The third kappa shape index (κ3) is 3.92. The molecule has 1 rings (SSSR count). The van der Waals surface area contributed by atoms with Gasteiger partial charge in [-0.25, -0.2) is 0 Å². The van der Waals surface area contributed by atoms with Gasteiger partial charge in [-0.05, 0) is 26.8 Å². The summed E-state index contributed by atoms with van der Waals surface area (Å²) in [5, 5.41) is 2.95. The third-order valence-corrected chi connectivity index (χ3v) is 3.14. The first kappa shape index (κ1) is 15.4. The van der Waals surface area contributed by atoms with E-state index in [-0.39, 0.29) is 11.5 Å². The highest BCUT2D eigenvalue weighted by Crippen LogP contribution is 2.13. The first-order chi connectivity index (χ1) is 9.01. The molecule has 1 heterocycles. The van der Waals surface area contributed by atoms with Gasteiger partial charge in [-0.3, -0.25) is 14.6 Å². The van der Waals surface area contributed by atoms with Crippen LogP contribution in [-0.2, 0) is 4.79 Å².